The number of hydrogen-bond donors (Lipinski definition) is 0. The first-order chi connectivity index (χ1) is 17.0. The quantitative estimate of drug-likeness (QED) is 0.186. The minimum Gasteiger partial charge on any atom is -0.467 e. The molecule has 0 atom stereocenters. The summed E-state index contributed by atoms with van der Waals surface area (Å²) in [7, 11) is 1.36. The highest BCUT2D eigenvalue weighted by Crippen LogP contribution is 2.40. The maximum absolute atomic E-state index is 13.2. The first-order valence-corrected chi connectivity index (χ1v) is 12.4. The molecule has 9 heteroatoms. The largest absolute Gasteiger partial charge is 0.467 e. The predicted molar refractivity (Wildman–Crippen MR) is 131 cm³/mol. The molecular formula is C26H26N4O4S. The van der Waals surface area contributed by atoms with Crippen molar-refractivity contribution in [3.63, 3.8) is 0 Å². The molecule has 1 aliphatic rings. The minimum absolute atomic E-state index is 0.0288. The molecule has 0 saturated heterocycles. The van der Waals surface area contributed by atoms with Crippen LogP contribution < -0.4 is 0 Å². The Bertz CT molecular complexity index is 1370. The summed E-state index contributed by atoms with van der Waals surface area (Å²) >= 11 is 1.40. The number of furan rings is 1. The molecule has 3 aromatic heterocycles. The summed E-state index contributed by atoms with van der Waals surface area (Å²) in [6, 6.07) is 12.9. The number of hydrogen-bond acceptors (Lipinski definition) is 7. The van der Waals surface area contributed by atoms with E-state index < -0.39 is 0 Å². The second-order valence-corrected chi connectivity index (χ2v) is 9.59. The molecule has 0 unspecified atom stereocenters. The van der Waals surface area contributed by atoms with Crippen LogP contribution in [0.5, 0.6) is 0 Å². The molecule has 4 aromatic rings. The van der Waals surface area contributed by atoms with E-state index in [1.807, 2.05) is 48.7 Å². The normalized spacial score (nSPS) is 13.2. The molecule has 0 N–H and O–H groups in total. The van der Waals surface area contributed by atoms with Crippen LogP contribution in [0, 0.1) is 13.8 Å². The third-order valence-corrected chi connectivity index (χ3v) is 7.16. The topological polar surface area (TPSA) is 92.1 Å². The van der Waals surface area contributed by atoms with Crippen LogP contribution >= 0.6 is 11.8 Å². The van der Waals surface area contributed by atoms with Crippen LogP contribution in [0.4, 0.5) is 0 Å². The summed E-state index contributed by atoms with van der Waals surface area (Å²) in [5.41, 5.74) is 3.84. The number of carbonyl (C=O) groups excluding carboxylic acids is 2. The summed E-state index contributed by atoms with van der Waals surface area (Å²) in [5.74, 6) is 2.14. The van der Waals surface area contributed by atoms with Crippen molar-refractivity contribution in [2.45, 2.75) is 44.3 Å². The van der Waals surface area contributed by atoms with Gasteiger partial charge in [-0.1, -0.05) is 11.8 Å². The van der Waals surface area contributed by atoms with Crippen molar-refractivity contribution in [3.05, 3.63) is 82.8 Å². The molecule has 0 radical (unpaired) electrons. The zero-order valence-electron chi connectivity index (χ0n) is 19.9. The molecule has 0 bridgehead atoms. The Morgan fingerprint density at radius 3 is 2.57 bits per heavy atom. The van der Waals surface area contributed by atoms with Crippen LogP contribution in [0.15, 0.2) is 58.3 Å². The molecule has 1 aromatic carbocycles. The van der Waals surface area contributed by atoms with E-state index in [-0.39, 0.29) is 17.5 Å². The van der Waals surface area contributed by atoms with Gasteiger partial charge < -0.3 is 13.7 Å². The highest BCUT2D eigenvalue weighted by atomic mass is 32.2. The fraction of sp³-hybridized carbons (Fsp3) is 0.308. The van der Waals surface area contributed by atoms with Crippen LogP contribution in [0.1, 0.15) is 62.4 Å². The van der Waals surface area contributed by atoms with Gasteiger partial charge in [0, 0.05) is 28.6 Å². The zero-order valence-corrected chi connectivity index (χ0v) is 20.7. The van der Waals surface area contributed by atoms with Crippen molar-refractivity contribution in [2.24, 2.45) is 0 Å². The van der Waals surface area contributed by atoms with Gasteiger partial charge in [-0.05, 0) is 69.2 Å². The zero-order chi connectivity index (χ0) is 24.5. The number of rotatable bonds is 9. The van der Waals surface area contributed by atoms with Crippen molar-refractivity contribution in [1.29, 1.82) is 0 Å². The second-order valence-electron chi connectivity index (χ2n) is 8.65. The van der Waals surface area contributed by atoms with Crippen LogP contribution in [-0.2, 0) is 11.3 Å². The Balaban J connectivity index is 1.34. The summed E-state index contributed by atoms with van der Waals surface area (Å²) in [4.78, 5) is 25.0. The van der Waals surface area contributed by atoms with Gasteiger partial charge in [-0.3, -0.25) is 9.36 Å². The highest BCUT2D eigenvalue weighted by Gasteiger charge is 2.31. The first-order valence-electron chi connectivity index (χ1n) is 11.5. The van der Waals surface area contributed by atoms with Crippen molar-refractivity contribution in [1.82, 2.24) is 19.3 Å². The Labute approximate surface area is 207 Å². The molecule has 1 fully saturated rings. The van der Waals surface area contributed by atoms with Gasteiger partial charge in [0.2, 0.25) is 0 Å². The van der Waals surface area contributed by atoms with E-state index in [1.54, 1.807) is 18.4 Å². The lowest BCUT2D eigenvalue weighted by molar-refractivity contribution is 0.0600. The van der Waals surface area contributed by atoms with Gasteiger partial charge in [0.05, 0.1) is 31.2 Å². The number of methoxy groups -OCH3 is 1. The molecule has 8 nitrogen and oxygen atoms in total. The SMILES string of the molecule is COC(=O)c1ccc(-n2c(C)cc(C(=O)CSc3nnc(C4CC4)n3Cc3ccco3)c2C)cc1. The fourth-order valence-electron chi connectivity index (χ4n) is 4.27. The number of esters is 1. The molecule has 35 heavy (non-hydrogen) atoms. The van der Waals surface area contributed by atoms with Crippen LogP contribution in [-0.4, -0.2) is 43.9 Å². The molecule has 3 heterocycles. The average Bonchev–Trinajstić information content (AvgIpc) is 3.29. The number of nitrogens with zero attached hydrogens (tertiary/aromatic N) is 4. The van der Waals surface area contributed by atoms with Crippen molar-refractivity contribution >= 4 is 23.5 Å². The molecule has 0 amide bonds. The van der Waals surface area contributed by atoms with Gasteiger partial charge >= 0.3 is 5.97 Å². The van der Waals surface area contributed by atoms with Crippen molar-refractivity contribution < 1.29 is 18.7 Å². The predicted octanol–water partition coefficient (Wildman–Crippen LogP) is 4.97. The van der Waals surface area contributed by atoms with E-state index in [2.05, 4.69) is 14.8 Å². The standard InChI is InChI=1S/C26H26N4O4S/c1-16-13-22(17(2)30(16)20-10-8-19(9-11-20)25(32)33-3)23(31)15-35-26-28-27-24(18-6-7-18)29(26)14-21-5-4-12-34-21/h4-5,8-13,18H,6-7,14-15H2,1-3H3. The number of benzene rings is 1. The van der Waals surface area contributed by atoms with E-state index in [9.17, 15) is 9.59 Å². The highest BCUT2D eigenvalue weighted by molar-refractivity contribution is 7.99. The van der Waals surface area contributed by atoms with E-state index in [4.69, 9.17) is 9.15 Å². The summed E-state index contributed by atoms with van der Waals surface area (Å²) in [6.45, 7) is 4.45. The molecular weight excluding hydrogens is 464 g/mol. The Kier molecular flexibility index (Phi) is 6.34. The lowest BCUT2D eigenvalue weighted by Gasteiger charge is -2.11. The Morgan fingerprint density at radius 2 is 1.91 bits per heavy atom. The van der Waals surface area contributed by atoms with E-state index in [0.717, 1.165) is 46.7 Å². The minimum atomic E-state index is -0.380. The van der Waals surface area contributed by atoms with Gasteiger partial charge in [0.15, 0.2) is 10.9 Å². The summed E-state index contributed by atoms with van der Waals surface area (Å²) in [5, 5.41) is 9.52. The number of Topliss-reactive ketones (excluding diaryl/α,β-unsaturated/α-hetero) is 1. The van der Waals surface area contributed by atoms with Crippen LogP contribution in [0.25, 0.3) is 5.69 Å². The maximum atomic E-state index is 13.2. The van der Waals surface area contributed by atoms with E-state index in [1.165, 1.54) is 18.9 Å². The van der Waals surface area contributed by atoms with Gasteiger partial charge in [-0.2, -0.15) is 0 Å². The van der Waals surface area contributed by atoms with Gasteiger partial charge in [0.1, 0.15) is 11.6 Å². The first kappa shape index (κ1) is 23.2. The average molecular weight is 491 g/mol. The van der Waals surface area contributed by atoms with Crippen molar-refractivity contribution in [2.75, 3.05) is 12.9 Å². The molecule has 180 valence electrons. The number of thioether (sulfide) groups is 1. The maximum Gasteiger partial charge on any atom is 0.337 e. The van der Waals surface area contributed by atoms with E-state index >= 15 is 0 Å². The Hall–Kier alpha value is -3.59. The van der Waals surface area contributed by atoms with Crippen LogP contribution in [0.3, 0.4) is 0 Å². The number of aryl methyl sites for hydroxylation is 1. The Morgan fingerprint density at radius 1 is 1.14 bits per heavy atom. The van der Waals surface area contributed by atoms with Gasteiger partial charge in [-0.25, -0.2) is 4.79 Å². The third kappa shape index (κ3) is 4.68. The number of aromatic nitrogens is 4. The smallest absolute Gasteiger partial charge is 0.337 e. The van der Waals surface area contributed by atoms with Crippen molar-refractivity contribution in [3.8, 4) is 5.69 Å². The molecule has 5 rings (SSSR count). The monoisotopic (exact) mass is 490 g/mol. The lowest BCUT2D eigenvalue weighted by atomic mass is 10.2. The second kappa shape index (κ2) is 9.58. The van der Waals surface area contributed by atoms with Crippen LogP contribution in [0.2, 0.25) is 0 Å². The molecule has 0 aliphatic heterocycles. The molecule has 0 spiro atoms. The van der Waals surface area contributed by atoms with Gasteiger partial charge in [0.25, 0.3) is 0 Å². The fourth-order valence-corrected chi connectivity index (χ4v) is 5.10. The number of carbonyl (C=O) groups is 2. The lowest BCUT2D eigenvalue weighted by Crippen LogP contribution is -2.09. The van der Waals surface area contributed by atoms with E-state index in [0.29, 0.717) is 23.6 Å². The molecule has 1 aliphatic carbocycles. The summed E-state index contributed by atoms with van der Waals surface area (Å²) in [6.07, 6.45) is 3.89. The number of ether oxygens (including phenoxy) is 1. The number of ketones is 1. The summed E-state index contributed by atoms with van der Waals surface area (Å²) < 4.78 is 14.4. The third-order valence-electron chi connectivity index (χ3n) is 6.19. The van der Waals surface area contributed by atoms with Gasteiger partial charge in [-0.15, -0.1) is 10.2 Å². The molecule has 1 saturated carbocycles.